The number of benzene rings is 2. The first-order valence-electron chi connectivity index (χ1n) is 9.93. The van der Waals surface area contributed by atoms with Gasteiger partial charge in [-0.2, -0.15) is 0 Å². The molecule has 3 amide bonds. The van der Waals surface area contributed by atoms with E-state index in [0.717, 1.165) is 16.5 Å². The minimum Gasteiger partial charge on any atom is -0.361 e. The van der Waals surface area contributed by atoms with E-state index in [1.807, 2.05) is 35.4 Å². The van der Waals surface area contributed by atoms with Gasteiger partial charge < -0.3 is 9.88 Å². The fourth-order valence-corrected chi connectivity index (χ4v) is 4.47. The standard InChI is InChI=1S/C23H21N3O3/c27-21(13-15-14-24-20-8-4-3-5-17(15)20)25-11-9-16(10-12-25)26-22(28)18-6-1-2-7-19(18)23(26)29/h1-8,14,16,24H,9-13H2. The Morgan fingerprint density at radius 1 is 0.931 bits per heavy atom. The molecule has 146 valence electrons. The second kappa shape index (κ2) is 6.88. The van der Waals surface area contributed by atoms with Crippen molar-refractivity contribution in [2.75, 3.05) is 13.1 Å². The summed E-state index contributed by atoms with van der Waals surface area (Å²) in [5.41, 5.74) is 2.98. The average Bonchev–Trinajstić information content (AvgIpc) is 3.27. The van der Waals surface area contributed by atoms with Crippen molar-refractivity contribution in [2.45, 2.75) is 25.3 Å². The molecule has 1 fully saturated rings. The molecule has 5 rings (SSSR count). The van der Waals surface area contributed by atoms with Crippen LogP contribution in [-0.2, 0) is 11.2 Å². The van der Waals surface area contributed by atoms with Crippen LogP contribution in [0.4, 0.5) is 0 Å². The number of rotatable bonds is 3. The molecule has 1 saturated heterocycles. The Labute approximate surface area is 168 Å². The number of piperidine rings is 1. The molecule has 2 aromatic carbocycles. The van der Waals surface area contributed by atoms with Crippen LogP contribution in [0.1, 0.15) is 39.1 Å². The molecule has 2 aliphatic rings. The summed E-state index contributed by atoms with van der Waals surface area (Å²) in [6.07, 6.45) is 3.48. The molecule has 6 nitrogen and oxygen atoms in total. The molecule has 0 spiro atoms. The van der Waals surface area contributed by atoms with Crippen molar-refractivity contribution >= 4 is 28.6 Å². The van der Waals surface area contributed by atoms with E-state index >= 15 is 0 Å². The first-order chi connectivity index (χ1) is 14.1. The molecular weight excluding hydrogens is 366 g/mol. The summed E-state index contributed by atoms with van der Waals surface area (Å²) in [5, 5.41) is 1.07. The third-order valence-electron chi connectivity index (χ3n) is 6.02. The van der Waals surface area contributed by atoms with Crippen LogP contribution in [-0.4, -0.2) is 51.6 Å². The third-order valence-corrected chi connectivity index (χ3v) is 6.02. The highest BCUT2D eigenvalue weighted by Gasteiger charge is 2.41. The second-order valence-corrected chi connectivity index (χ2v) is 7.67. The van der Waals surface area contributed by atoms with Crippen molar-refractivity contribution in [1.82, 2.24) is 14.8 Å². The van der Waals surface area contributed by atoms with Gasteiger partial charge in [0.2, 0.25) is 5.91 Å². The van der Waals surface area contributed by atoms with Crippen molar-refractivity contribution in [3.05, 3.63) is 71.4 Å². The van der Waals surface area contributed by atoms with Gasteiger partial charge in [0.25, 0.3) is 11.8 Å². The van der Waals surface area contributed by atoms with E-state index in [1.165, 1.54) is 4.90 Å². The summed E-state index contributed by atoms with van der Waals surface area (Å²) in [7, 11) is 0. The summed E-state index contributed by atoms with van der Waals surface area (Å²) in [5.74, 6) is -0.348. The molecule has 0 aliphatic carbocycles. The topological polar surface area (TPSA) is 73.5 Å². The largest absolute Gasteiger partial charge is 0.361 e. The fraction of sp³-hybridized carbons (Fsp3) is 0.261. The quantitative estimate of drug-likeness (QED) is 0.702. The lowest BCUT2D eigenvalue weighted by Crippen LogP contribution is -2.49. The summed E-state index contributed by atoms with van der Waals surface area (Å²) in [6, 6.07) is 14.8. The Hall–Kier alpha value is -3.41. The molecule has 0 atom stereocenters. The van der Waals surface area contributed by atoms with Crippen molar-refractivity contribution in [2.24, 2.45) is 0 Å². The number of likely N-dealkylation sites (tertiary alicyclic amines) is 1. The van der Waals surface area contributed by atoms with Crippen LogP contribution in [0.5, 0.6) is 0 Å². The van der Waals surface area contributed by atoms with Gasteiger partial charge in [-0.15, -0.1) is 0 Å². The highest BCUT2D eigenvalue weighted by Crippen LogP contribution is 2.29. The Bertz CT molecular complexity index is 1090. The molecule has 2 aliphatic heterocycles. The zero-order valence-electron chi connectivity index (χ0n) is 15.9. The van der Waals surface area contributed by atoms with Gasteiger partial charge in [-0.1, -0.05) is 30.3 Å². The Kier molecular flexibility index (Phi) is 4.19. The maximum Gasteiger partial charge on any atom is 0.261 e. The number of para-hydroxylation sites is 1. The highest BCUT2D eigenvalue weighted by molar-refractivity contribution is 6.21. The molecule has 29 heavy (non-hydrogen) atoms. The van der Waals surface area contributed by atoms with Gasteiger partial charge >= 0.3 is 0 Å². The zero-order chi connectivity index (χ0) is 20.0. The first kappa shape index (κ1) is 17.7. The van der Waals surface area contributed by atoms with Gasteiger partial charge in [0.05, 0.1) is 17.5 Å². The molecular formula is C23H21N3O3. The Morgan fingerprint density at radius 2 is 1.55 bits per heavy atom. The van der Waals surface area contributed by atoms with Crippen molar-refractivity contribution in [1.29, 1.82) is 0 Å². The number of hydrogen-bond acceptors (Lipinski definition) is 3. The van der Waals surface area contributed by atoms with E-state index in [-0.39, 0.29) is 23.8 Å². The second-order valence-electron chi connectivity index (χ2n) is 7.67. The van der Waals surface area contributed by atoms with Crippen molar-refractivity contribution in [3.8, 4) is 0 Å². The van der Waals surface area contributed by atoms with Crippen LogP contribution in [0.15, 0.2) is 54.7 Å². The van der Waals surface area contributed by atoms with Gasteiger partial charge in [-0.3, -0.25) is 19.3 Å². The number of carbonyl (C=O) groups excluding carboxylic acids is 3. The van der Waals surface area contributed by atoms with E-state index in [9.17, 15) is 14.4 Å². The van der Waals surface area contributed by atoms with Crippen molar-refractivity contribution < 1.29 is 14.4 Å². The van der Waals surface area contributed by atoms with Crippen LogP contribution >= 0.6 is 0 Å². The van der Waals surface area contributed by atoms with Gasteiger partial charge in [-0.05, 0) is 36.6 Å². The maximum atomic E-state index is 12.8. The van der Waals surface area contributed by atoms with Crippen molar-refractivity contribution in [3.63, 3.8) is 0 Å². The van der Waals surface area contributed by atoms with Gasteiger partial charge in [0, 0.05) is 36.2 Å². The van der Waals surface area contributed by atoms with Crippen LogP contribution in [0.2, 0.25) is 0 Å². The van der Waals surface area contributed by atoms with E-state index in [4.69, 9.17) is 0 Å². The van der Waals surface area contributed by atoms with Crippen LogP contribution < -0.4 is 0 Å². The molecule has 0 unspecified atom stereocenters. The first-order valence-corrected chi connectivity index (χ1v) is 9.93. The Morgan fingerprint density at radius 3 is 2.24 bits per heavy atom. The Balaban J connectivity index is 1.25. The fourth-order valence-electron chi connectivity index (χ4n) is 4.47. The third kappa shape index (κ3) is 2.92. The minimum atomic E-state index is -0.214. The number of imide groups is 1. The molecule has 1 N–H and O–H groups in total. The SMILES string of the molecule is O=C(Cc1c[nH]c2ccccc12)N1CCC(N2C(=O)c3ccccc3C2=O)CC1. The zero-order valence-corrected chi connectivity index (χ0v) is 15.9. The molecule has 6 heteroatoms. The molecule has 0 saturated carbocycles. The lowest BCUT2D eigenvalue weighted by atomic mass is 10.0. The number of carbonyl (C=O) groups is 3. The highest BCUT2D eigenvalue weighted by atomic mass is 16.2. The summed E-state index contributed by atoms with van der Waals surface area (Å²) in [6.45, 7) is 1.11. The number of aromatic amines is 1. The summed E-state index contributed by atoms with van der Waals surface area (Å²) < 4.78 is 0. The maximum absolute atomic E-state index is 12.8. The molecule has 0 radical (unpaired) electrons. The minimum absolute atomic E-state index is 0.0792. The number of aromatic nitrogens is 1. The van der Waals surface area contributed by atoms with Crippen LogP contribution in [0.25, 0.3) is 10.9 Å². The van der Waals surface area contributed by atoms with Crippen LogP contribution in [0, 0.1) is 0 Å². The normalized spacial score (nSPS) is 17.2. The number of amides is 3. The molecule has 3 heterocycles. The smallest absolute Gasteiger partial charge is 0.261 e. The molecule has 1 aromatic heterocycles. The molecule has 3 aromatic rings. The van der Waals surface area contributed by atoms with E-state index < -0.39 is 0 Å². The van der Waals surface area contributed by atoms with Gasteiger partial charge in [0.1, 0.15) is 0 Å². The van der Waals surface area contributed by atoms with E-state index in [0.29, 0.717) is 43.5 Å². The summed E-state index contributed by atoms with van der Waals surface area (Å²) >= 11 is 0. The van der Waals surface area contributed by atoms with E-state index in [1.54, 1.807) is 24.3 Å². The predicted molar refractivity (Wildman–Crippen MR) is 109 cm³/mol. The number of nitrogens with zero attached hydrogens (tertiary/aromatic N) is 2. The number of fused-ring (bicyclic) bond motifs is 2. The van der Waals surface area contributed by atoms with Gasteiger partial charge in [0.15, 0.2) is 0 Å². The van der Waals surface area contributed by atoms with Crippen LogP contribution in [0.3, 0.4) is 0 Å². The predicted octanol–water partition coefficient (Wildman–Crippen LogP) is 3.00. The number of nitrogens with one attached hydrogen (secondary N) is 1. The number of H-pyrrole nitrogens is 1. The number of hydrogen-bond donors (Lipinski definition) is 1. The monoisotopic (exact) mass is 387 g/mol. The lowest BCUT2D eigenvalue weighted by Gasteiger charge is -2.35. The van der Waals surface area contributed by atoms with Gasteiger partial charge in [-0.25, -0.2) is 0 Å². The molecule has 0 bridgehead atoms. The lowest BCUT2D eigenvalue weighted by molar-refractivity contribution is -0.131. The average molecular weight is 387 g/mol. The summed E-state index contributed by atoms with van der Waals surface area (Å²) in [4.78, 5) is 44.6. The van der Waals surface area contributed by atoms with E-state index in [2.05, 4.69) is 4.98 Å².